The quantitative estimate of drug-likeness (QED) is 0.132. The highest BCUT2D eigenvalue weighted by Crippen LogP contribution is 2.34. The zero-order valence-electron chi connectivity index (χ0n) is 28.7. The summed E-state index contributed by atoms with van der Waals surface area (Å²) in [4.78, 5) is 45.3. The van der Waals surface area contributed by atoms with Gasteiger partial charge in [-0.15, -0.1) is 0 Å². The lowest BCUT2D eigenvalue weighted by atomic mass is 10.1. The number of ether oxygens (including phenoxy) is 2. The minimum absolute atomic E-state index is 0.0529. The molecule has 4 aromatic rings. The van der Waals surface area contributed by atoms with Crippen LogP contribution in [0.2, 0.25) is 0 Å². The maximum Gasteiger partial charge on any atom is 0.408 e. The van der Waals surface area contributed by atoms with E-state index >= 15 is 0 Å². The van der Waals surface area contributed by atoms with E-state index in [4.69, 9.17) is 14.5 Å². The van der Waals surface area contributed by atoms with Crippen LogP contribution in [0.25, 0.3) is 17.5 Å². The average molecular weight is 683 g/mol. The number of anilines is 2. The Bertz CT molecular complexity index is 1800. The van der Waals surface area contributed by atoms with Crippen LogP contribution in [0.15, 0.2) is 85.1 Å². The van der Waals surface area contributed by atoms with E-state index in [1.807, 2.05) is 66.1 Å². The van der Waals surface area contributed by atoms with E-state index in [0.29, 0.717) is 48.7 Å². The molecule has 50 heavy (non-hydrogen) atoms. The van der Waals surface area contributed by atoms with E-state index in [-0.39, 0.29) is 24.9 Å². The summed E-state index contributed by atoms with van der Waals surface area (Å²) in [7, 11) is 0. The zero-order chi connectivity index (χ0) is 35.7. The molecule has 0 bridgehead atoms. The van der Waals surface area contributed by atoms with Gasteiger partial charge in [-0.05, 0) is 88.9 Å². The lowest BCUT2D eigenvalue weighted by Crippen LogP contribution is -2.47. The molecule has 0 radical (unpaired) electrons. The summed E-state index contributed by atoms with van der Waals surface area (Å²) in [6, 6.07) is 22.3. The van der Waals surface area contributed by atoms with Gasteiger partial charge in [0, 0.05) is 30.2 Å². The Labute approximate surface area is 291 Å². The molecule has 12 heteroatoms. The maximum absolute atomic E-state index is 14.0. The number of fused-ring (bicyclic) bond motifs is 1. The molecule has 11 nitrogen and oxygen atoms in total. The second kappa shape index (κ2) is 16.2. The van der Waals surface area contributed by atoms with Crippen LogP contribution >= 0.6 is 0 Å². The van der Waals surface area contributed by atoms with Crippen LogP contribution in [-0.4, -0.2) is 50.7 Å². The van der Waals surface area contributed by atoms with Gasteiger partial charge in [-0.1, -0.05) is 48.0 Å². The number of carbonyl (C=O) groups excluding carboxylic acids is 3. The van der Waals surface area contributed by atoms with Crippen molar-refractivity contribution in [3.8, 4) is 11.3 Å². The van der Waals surface area contributed by atoms with Gasteiger partial charge in [0.1, 0.15) is 41.4 Å². The molecule has 0 fully saturated rings. The number of nitrogens with zero attached hydrogens (tertiary/aromatic N) is 3. The Kier molecular flexibility index (Phi) is 11.5. The fraction of sp³-hybridized carbons (Fsp3) is 0.316. The Morgan fingerprint density at radius 2 is 1.64 bits per heavy atom. The average Bonchev–Trinajstić information content (AvgIpc) is 3.44. The molecule has 0 saturated carbocycles. The Morgan fingerprint density at radius 3 is 2.34 bits per heavy atom. The first kappa shape index (κ1) is 35.7. The van der Waals surface area contributed by atoms with E-state index in [2.05, 4.69) is 16.0 Å². The van der Waals surface area contributed by atoms with Gasteiger partial charge < -0.3 is 30.3 Å². The van der Waals surface area contributed by atoms with E-state index in [1.165, 1.54) is 17.0 Å². The van der Waals surface area contributed by atoms with Crippen molar-refractivity contribution in [2.24, 2.45) is 0 Å². The molecule has 1 aromatic heterocycles. The van der Waals surface area contributed by atoms with Crippen molar-refractivity contribution in [3.05, 3.63) is 108 Å². The Hall–Kier alpha value is -5.65. The second-order valence-corrected chi connectivity index (χ2v) is 13.0. The number of hydrogen-bond acceptors (Lipinski definition) is 7. The molecule has 3 N–H and O–H groups in total. The summed E-state index contributed by atoms with van der Waals surface area (Å²) in [6.07, 6.45) is 3.54. The van der Waals surface area contributed by atoms with Crippen LogP contribution in [-0.2, 0) is 27.4 Å². The van der Waals surface area contributed by atoms with Gasteiger partial charge in [0.2, 0.25) is 5.91 Å². The number of halogens is 1. The van der Waals surface area contributed by atoms with Crippen LogP contribution in [0.1, 0.15) is 57.0 Å². The van der Waals surface area contributed by atoms with E-state index in [1.54, 1.807) is 45.3 Å². The lowest BCUT2D eigenvalue weighted by molar-refractivity contribution is -0.131. The number of aryl methyl sites for hydroxylation is 1. The van der Waals surface area contributed by atoms with Crippen molar-refractivity contribution in [1.82, 2.24) is 25.1 Å². The molecule has 2 heterocycles. The number of aromatic nitrogens is 2. The highest BCUT2D eigenvalue weighted by Gasteiger charge is 2.30. The first-order valence-electron chi connectivity index (χ1n) is 16.6. The van der Waals surface area contributed by atoms with Crippen molar-refractivity contribution in [1.29, 1.82) is 0 Å². The fourth-order valence-electron chi connectivity index (χ4n) is 5.30. The number of alkyl carbamates (subject to hydrolysis) is 2. The third-order valence-electron chi connectivity index (χ3n) is 7.80. The number of carbonyl (C=O) groups is 3. The van der Waals surface area contributed by atoms with Gasteiger partial charge in [-0.2, -0.15) is 0 Å². The monoisotopic (exact) mass is 682 g/mol. The number of amides is 3. The number of benzene rings is 3. The van der Waals surface area contributed by atoms with Gasteiger partial charge in [-0.3, -0.25) is 9.36 Å². The maximum atomic E-state index is 14.0. The van der Waals surface area contributed by atoms with E-state index in [0.717, 1.165) is 16.8 Å². The van der Waals surface area contributed by atoms with Gasteiger partial charge in [0.15, 0.2) is 0 Å². The molecule has 0 saturated heterocycles. The standard InChI is InChI=1S/C38H43FN6O5/c1-26-13-19-30(20-14-26)41-34-33(28-15-17-29(39)18-16-28)43-32-24-44(22-23-45(32)34)35(46)31(12-8-9-21-40-36(47)50-38(2,3)4)42-37(48)49-25-27-10-6-5-7-11-27/h5-7,10-11,13-20,22-23,31,41H,8-9,12,21,24-25H2,1-4H3,(H,40,47)(H,42,48). The summed E-state index contributed by atoms with van der Waals surface area (Å²) in [5.41, 5.74) is 3.46. The van der Waals surface area contributed by atoms with Gasteiger partial charge in [0.05, 0.1) is 6.54 Å². The fourth-order valence-corrected chi connectivity index (χ4v) is 5.30. The van der Waals surface area contributed by atoms with Crippen molar-refractivity contribution in [2.75, 3.05) is 11.9 Å². The van der Waals surface area contributed by atoms with Crippen LogP contribution in [0.4, 0.5) is 25.5 Å². The van der Waals surface area contributed by atoms with E-state index in [9.17, 15) is 18.8 Å². The van der Waals surface area contributed by atoms with Crippen molar-refractivity contribution in [2.45, 2.75) is 71.8 Å². The molecular weight excluding hydrogens is 639 g/mol. The number of hydrogen-bond donors (Lipinski definition) is 3. The van der Waals surface area contributed by atoms with Crippen molar-refractivity contribution >= 4 is 35.8 Å². The minimum atomic E-state index is -0.910. The molecule has 1 aliphatic heterocycles. The Balaban J connectivity index is 1.31. The Morgan fingerprint density at radius 1 is 0.920 bits per heavy atom. The van der Waals surface area contributed by atoms with Crippen LogP contribution in [0.3, 0.4) is 0 Å². The normalized spacial score (nSPS) is 12.9. The van der Waals surface area contributed by atoms with Crippen LogP contribution < -0.4 is 16.0 Å². The highest BCUT2D eigenvalue weighted by molar-refractivity contribution is 5.87. The van der Waals surface area contributed by atoms with E-state index < -0.39 is 23.8 Å². The first-order chi connectivity index (χ1) is 23.9. The number of rotatable bonds is 12. The molecule has 0 spiro atoms. The van der Waals surface area contributed by atoms with Crippen molar-refractivity contribution < 1.29 is 28.2 Å². The second-order valence-electron chi connectivity index (χ2n) is 13.0. The molecule has 0 aliphatic carbocycles. The zero-order valence-corrected chi connectivity index (χ0v) is 28.7. The van der Waals surface area contributed by atoms with Gasteiger partial charge in [-0.25, -0.2) is 19.0 Å². The molecule has 3 amide bonds. The third kappa shape index (κ3) is 9.94. The largest absolute Gasteiger partial charge is 0.445 e. The third-order valence-corrected chi connectivity index (χ3v) is 7.80. The van der Waals surface area contributed by atoms with Crippen LogP contribution in [0.5, 0.6) is 0 Å². The van der Waals surface area contributed by atoms with Gasteiger partial charge >= 0.3 is 12.2 Å². The molecule has 1 atom stereocenters. The molecule has 1 aliphatic rings. The first-order valence-corrected chi connectivity index (χ1v) is 16.6. The molecule has 1 unspecified atom stereocenters. The highest BCUT2D eigenvalue weighted by atomic mass is 19.1. The lowest BCUT2D eigenvalue weighted by Gasteiger charge is -2.27. The number of imidazole rings is 1. The predicted octanol–water partition coefficient (Wildman–Crippen LogP) is 7.50. The summed E-state index contributed by atoms with van der Waals surface area (Å²) in [5.74, 6) is 0.532. The van der Waals surface area contributed by atoms with Crippen LogP contribution in [0, 0.1) is 12.7 Å². The summed E-state index contributed by atoms with van der Waals surface area (Å²) in [5, 5.41) is 8.91. The minimum Gasteiger partial charge on any atom is -0.445 e. The smallest absolute Gasteiger partial charge is 0.408 e. The summed E-state index contributed by atoms with van der Waals surface area (Å²) in [6.45, 7) is 7.90. The number of nitrogens with one attached hydrogen (secondary N) is 3. The molecular formula is C38H43FN6O5. The number of unbranched alkanes of at least 4 members (excludes halogenated alkanes) is 1. The molecule has 5 rings (SSSR count). The van der Waals surface area contributed by atoms with Gasteiger partial charge in [0.25, 0.3) is 0 Å². The molecule has 3 aromatic carbocycles. The SMILES string of the molecule is Cc1ccc(Nc2c(-c3ccc(F)cc3)nc3n2C=CN(C(=O)C(CCCCNC(=O)OC(C)(C)C)NC(=O)OCc2ccccc2)C3)cc1. The topological polar surface area (TPSA) is 127 Å². The van der Waals surface area contributed by atoms with Crippen molar-refractivity contribution in [3.63, 3.8) is 0 Å². The summed E-state index contributed by atoms with van der Waals surface area (Å²) < 4.78 is 26.4. The summed E-state index contributed by atoms with van der Waals surface area (Å²) >= 11 is 0. The molecule has 262 valence electrons. The predicted molar refractivity (Wildman–Crippen MR) is 190 cm³/mol.